The van der Waals surface area contributed by atoms with Crippen molar-refractivity contribution >= 4 is 39.2 Å². The van der Waals surface area contributed by atoms with Crippen LogP contribution in [0.15, 0.2) is 79.3 Å². The van der Waals surface area contributed by atoms with E-state index in [2.05, 4.69) is 59.4 Å². The molecule has 6 aromatic rings. The van der Waals surface area contributed by atoms with Gasteiger partial charge in [-0.2, -0.15) is 5.10 Å². The minimum atomic E-state index is -0.194. The fourth-order valence-electron chi connectivity index (χ4n) is 5.13. The van der Waals surface area contributed by atoms with Gasteiger partial charge >= 0.3 is 0 Å². The number of para-hydroxylation sites is 1. The molecule has 0 spiro atoms. The first-order valence-electron chi connectivity index (χ1n) is 13.2. The Morgan fingerprint density at radius 1 is 0.925 bits per heavy atom. The van der Waals surface area contributed by atoms with Crippen LogP contribution in [0.4, 0.5) is 11.4 Å². The summed E-state index contributed by atoms with van der Waals surface area (Å²) >= 11 is 0. The highest BCUT2D eigenvalue weighted by atomic mass is 16.1. The minimum absolute atomic E-state index is 0.194. The predicted molar refractivity (Wildman–Crippen MR) is 156 cm³/mol. The summed E-state index contributed by atoms with van der Waals surface area (Å²) in [6, 6.07) is 19.2. The van der Waals surface area contributed by atoms with Gasteiger partial charge in [-0.25, -0.2) is 4.98 Å². The molecule has 10 heteroatoms. The molecule has 0 aliphatic carbocycles. The van der Waals surface area contributed by atoms with Gasteiger partial charge in [0.25, 0.3) is 5.91 Å². The van der Waals surface area contributed by atoms with Crippen LogP contribution in [0.1, 0.15) is 10.4 Å². The molecule has 3 N–H and O–H groups in total. The largest absolute Gasteiger partial charge is 0.367 e. The highest BCUT2D eigenvalue weighted by Gasteiger charge is 2.20. The van der Waals surface area contributed by atoms with E-state index < -0.39 is 0 Å². The molecule has 0 radical (unpaired) electrons. The van der Waals surface area contributed by atoms with Crippen molar-refractivity contribution in [2.75, 3.05) is 43.4 Å². The van der Waals surface area contributed by atoms with Gasteiger partial charge in [-0.05, 0) is 43.4 Å². The summed E-state index contributed by atoms with van der Waals surface area (Å²) in [5.74, 6) is 0.503. The fourth-order valence-corrected chi connectivity index (χ4v) is 5.13. The monoisotopic (exact) mass is 529 g/mol. The molecule has 0 saturated carbocycles. The van der Waals surface area contributed by atoms with E-state index in [4.69, 9.17) is 4.98 Å². The number of amides is 1. The maximum atomic E-state index is 12.6. The molecule has 1 fully saturated rings. The van der Waals surface area contributed by atoms with Crippen molar-refractivity contribution in [3.8, 4) is 22.8 Å². The average Bonchev–Trinajstić information content (AvgIpc) is 3.62. The van der Waals surface area contributed by atoms with Gasteiger partial charge in [0, 0.05) is 48.9 Å². The lowest BCUT2D eigenvalue weighted by Crippen LogP contribution is -2.44. The maximum absolute atomic E-state index is 12.6. The smallest absolute Gasteiger partial charge is 0.255 e. The number of piperazine rings is 1. The lowest BCUT2D eigenvalue weighted by atomic mass is 10.1. The third-order valence-electron chi connectivity index (χ3n) is 7.33. The van der Waals surface area contributed by atoms with Crippen molar-refractivity contribution in [1.82, 2.24) is 35.0 Å². The first-order chi connectivity index (χ1) is 19.6. The van der Waals surface area contributed by atoms with E-state index in [0.29, 0.717) is 22.8 Å². The molecule has 1 saturated heterocycles. The zero-order chi connectivity index (χ0) is 27.1. The number of benzene rings is 2. The summed E-state index contributed by atoms with van der Waals surface area (Å²) < 4.78 is 0. The first-order valence-corrected chi connectivity index (χ1v) is 13.2. The Hall–Kier alpha value is -5.09. The molecule has 10 nitrogen and oxygen atoms in total. The van der Waals surface area contributed by atoms with E-state index in [1.54, 1.807) is 30.7 Å². The Morgan fingerprint density at radius 3 is 2.62 bits per heavy atom. The standard InChI is InChI=1S/C30H27N9O/c1-38-10-12-39(13-11-38)26-9-5-8-23-28(26)35-29(34-23)27-22-15-24(32-18-25(22)36-37-27)20-14-21(17-31-16-20)33-30(40)19-6-3-2-4-7-19/h2-9,14-18H,10-13H2,1H3,(H,33,40)(H,34,35)(H,36,37). The van der Waals surface area contributed by atoms with Crippen LogP contribution in [0.5, 0.6) is 0 Å². The number of carbonyl (C=O) groups is 1. The number of nitrogens with one attached hydrogen (secondary N) is 3. The lowest BCUT2D eigenvalue weighted by molar-refractivity contribution is 0.102. The van der Waals surface area contributed by atoms with Crippen molar-refractivity contribution in [3.63, 3.8) is 0 Å². The number of hydrogen-bond donors (Lipinski definition) is 3. The third kappa shape index (κ3) is 4.44. The molecule has 0 bridgehead atoms. The van der Waals surface area contributed by atoms with Gasteiger partial charge in [-0.3, -0.25) is 19.9 Å². The molecule has 1 aliphatic rings. The molecule has 5 heterocycles. The van der Waals surface area contributed by atoms with Crippen LogP contribution in [-0.4, -0.2) is 74.2 Å². The second-order valence-corrected chi connectivity index (χ2v) is 10.0. The van der Waals surface area contributed by atoms with Crippen molar-refractivity contribution in [1.29, 1.82) is 0 Å². The van der Waals surface area contributed by atoms with E-state index in [1.165, 1.54) is 0 Å². The van der Waals surface area contributed by atoms with Crippen LogP contribution < -0.4 is 10.2 Å². The predicted octanol–water partition coefficient (Wildman–Crippen LogP) is 4.57. The number of hydrogen-bond acceptors (Lipinski definition) is 7. The van der Waals surface area contributed by atoms with E-state index in [0.717, 1.165) is 65.1 Å². The Morgan fingerprint density at radius 2 is 1.77 bits per heavy atom. The number of fused-ring (bicyclic) bond motifs is 2. The molecule has 4 aromatic heterocycles. The molecule has 40 heavy (non-hydrogen) atoms. The summed E-state index contributed by atoms with van der Waals surface area (Å²) in [5.41, 5.74) is 7.25. The zero-order valence-electron chi connectivity index (χ0n) is 21.9. The Balaban J connectivity index is 1.21. The number of imidazole rings is 1. The van der Waals surface area contributed by atoms with E-state index in [1.807, 2.05) is 36.4 Å². The molecule has 2 aromatic carbocycles. The van der Waals surface area contributed by atoms with Gasteiger partial charge in [0.2, 0.25) is 0 Å². The van der Waals surface area contributed by atoms with Crippen LogP contribution in [0, 0.1) is 0 Å². The van der Waals surface area contributed by atoms with Crippen LogP contribution >= 0.6 is 0 Å². The summed E-state index contributed by atoms with van der Waals surface area (Å²) in [4.78, 5) is 34.8. The van der Waals surface area contributed by atoms with E-state index in [-0.39, 0.29) is 5.91 Å². The molecule has 0 unspecified atom stereocenters. The van der Waals surface area contributed by atoms with Gasteiger partial charge < -0.3 is 20.1 Å². The van der Waals surface area contributed by atoms with Crippen molar-refractivity contribution in [3.05, 3.63) is 84.8 Å². The van der Waals surface area contributed by atoms with Crippen molar-refractivity contribution in [2.24, 2.45) is 0 Å². The Labute approximate surface area is 230 Å². The van der Waals surface area contributed by atoms with E-state index >= 15 is 0 Å². The van der Waals surface area contributed by atoms with Gasteiger partial charge in [-0.15, -0.1) is 0 Å². The maximum Gasteiger partial charge on any atom is 0.255 e. The van der Waals surface area contributed by atoms with Crippen LogP contribution in [0.25, 0.3) is 44.7 Å². The number of aromatic amines is 2. The number of H-pyrrole nitrogens is 2. The minimum Gasteiger partial charge on any atom is -0.367 e. The lowest BCUT2D eigenvalue weighted by Gasteiger charge is -2.34. The number of likely N-dealkylation sites (N-methyl/N-ethyl adjacent to an activating group) is 1. The van der Waals surface area contributed by atoms with Gasteiger partial charge in [0.05, 0.1) is 40.5 Å². The Kier molecular flexibility index (Phi) is 5.94. The first kappa shape index (κ1) is 24.0. The molecule has 7 rings (SSSR count). The van der Waals surface area contributed by atoms with Crippen LogP contribution in [0.3, 0.4) is 0 Å². The molecule has 198 valence electrons. The fraction of sp³-hybridized carbons (Fsp3) is 0.167. The SMILES string of the molecule is CN1CCN(c2cccc3[nH]c(-c4n[nH]c5cnc(-c6cncc(NC(=O)c7ccccc7)c6)cc45)nc23)CC1. The summed E-state index contributed by atoms with van der Waals surface area (Å²) in [6.45, 7) is 3.99. The molecular weight excluding hydrogens is 502 g/mol. The molecule has 1 amide bonds. The number of anilines is 2. The topological polar surface area (TPSA) is 119 Å². The number of carbonyl (C=O) groups excluding carboxylic acids is 1. The van der Waals surface area contributed by atoms with Crippen molar-refractivity contribution < 1.29 is 4.79 Å². The third-order valence-corrected chi connectivity index (χ3v) is 7.33. The molecule has 0 atom stereocenters. The summed E-state index contributed by atoms with van der Waals surface area (Å²) in [7, 11) is 2.16. The van der Waals surface area contributed by atoms with E-state index in [9.17, 15) is 4.79 Å². The second kappa shape index (κ2) is 9.90. The average molecular weight is 530 g/mol. The van der Waals surface area contributed by atoms with Gasteiger partial charge in [0.15, 0.2) is 5.82 Å². The zero-order valence-corrected chi connectivity index (χ0v) is 21.9. The second-order valence-electron chi connectivity index (χ2n) is 10.0. The quantitative estimate of drug-likeness (QED) is 0.299. The van der Waals surface area contributed by atoms with Gasteiger partial charge in [0.1, 0.15) is 11.2 Å². The van der Waals surface area contributed by atoms with Crippen LogP contribution in [0.2, 0.25) is 0 Å². The number of aromatic nitrogens is 6. The highest BCUT2D eigenvalue weighted by Crippen LogP contribution is 2.32. The van der Waals surface area contributed by atoms with Crippen molar-refractivity contribution in [2.45, 2.75) is 0 Å². The number of rotatable bonds is 5. The number of nitrogens with zero attached hydrogens (tertiary/aromatic N) is 6. The van der Waals surface area contributed by atoms with Crippen LogP contribution in [-0.2, 0) is 0 Å². The summed E-state index contributed by atoms with van der Waals surface area (Å²) in [6.07, 6.45) is 5.11. The van der Waals surface area contributed by atoms with Gasteiger partial charge in [-0.1, -0.05) is 24.3 Å². The summed E-state index contributed by atoms with van der Waals surface area (Å²) in [5, 5.41) is 11.5. The Bertz CT molecular complexity index is 1830. The molecule has 1 aliphatic heterocycles. The highest BCUT2D eigenvalue weighted by molar-refractivity contribution is 6.04. The number of pyridine rings is 2. The molecular formula is C30H27N9O. The normalized spacial score (nSPS) is 14.2.